The Bertz CT molecular complexity index is 1410. The number of amides is 3. The Morgan fingerprint density at radius 3 is 2.43 bits per heavy atom. The minimum atomic E-state index is -0.879. The fourth-order valence-electron chi connectivity index (χ4n) is 4.38. The standard InChI is InChI=1S/C28H24F2N4O2S/c29-20-13-14-22(21(30)17-20)31-28(36)34-15-7-12-23(34)26(35)33-27-32-25(19-10-5-2-6-11-19)24(37-27)16-18-8-3-1-4-9-18/h1-6,8-11,13-14,17,23H,7,12,15-16H2,(H,31,36)(H,32,33,35)/t23-/m0/s1. The molecule has 9 heteroatoms. The topological polar surface area (TPSA) is 74.3 Å². The number of nitrogens with zero attached hydrogens (tertiary/aromatic N) is 2. The maximum Gasteiger partial charge on any atom is 0.322 e. The Balaban J connectivity index is 1.33. The van der Waals surface area contributed by atoms with Crippen LogP contribution in [0.4, 0.5) is 24.4 Å². The Hall–Kier alpha value is -4.11. The van der Waals surface area contributed by atoms with E-state index in [0.29, 0.717) is 37.0 Å². The van der Waals surface area contributed by atoms with Gasteiger partial charge in [-0.3, -0.25) is 4.79 Å². The molecule has 37 heavy (non-hydrogen) atoms. The first-order valence-corrected chi connectivity index (χ1v) is 12.7. The zero-order valence-electron chi connectivity index (χ0n) is 19.8. The number of carbonyl (C=O) groups excluding carboxylic acids is 2. The van der Waals surface area contributed by atoms with E-state index in [1.807, 2.05) is 60.7 Å². The Kier molecular flexibility index (Phi) is 7.23. The van der Waals surface area contributed by atoms with Crippen molar-refractivity contribution < 1.29 is 18.4 Å². The third-order valence-electron chi connectivity index (χ3n) is 6.17. The van der Waals surface area contributed by atoms with Gasteiger partial charge in [0.2, 0.25) is 5.91 Å². The second-order valence-electron chi connectivity index (χ2n) is 8.71. The lowest BCUT2D eigenvalue weighted by atomic mass is 10.1. The summed E-state index contributed by atoms with van der Waals surface area (Å²) in [5, 5.41) is 5.78. The number of rotatable bonds is 6. The molecule has 2 heterocycles. The van der Waals surface area contributed by atoms with Crippen LogP contribution in [0, 0.1) is 11.6 Å². The monoisotopic (exact) mass is 518 g/mol. The summed E-state index contributed by atoms with van der Waals surface area (Å²) in [5.74, 6) is -1.97. The van der Waals surface area contributed by atoms with Crippen molar-refractivity contribution in [2.24, 2.45) is 0 Å². The van der Waals surface area contributed by atoms with Gasteiger partial charge < -0.3 is 15.5 Å². The number of likely N-dealkylation sites (tertiary alicyclic amines) is 1. The molecule has 1 fully saturated rings. The summed E-state index contributed by atoms with van der Waals surface area (Å²) in [6.45, 7) is 0.346. The van der Waals surface area contributed by atoms with Gasteiger partial charge in [0, 0.05) is 29.5 Å². The molecule has 0 unspecified atom stereocenters. The highest BCUT2D eigenvalue weighted by Crippen LogP contribution is 2.33. The fraction of sp³-hybridized carbons (Fsp3) is 0.179. The molecule has 0 saturated carbocycles. The van der Waals surface area contributed by atoms with Crippen LogP contribution in [-0.2, 0) is 11.2 Å². The average molecular weight is 519 g/mol. The van der Waals surface area contributed by atoms with Crippen molar-refractivity contribution in [2.45, 2.75) is 25.3 Å². The van der Waals surface area contributed by atoms with Gasteiger partial charge >= 0.3 is 6.03 Å². The summed E-state index contributed by atoms with van der Waals surface area (Å²) in [6.07, 6.45) is 1.77. The van der Waals surface area contributed by atoms with Gasteiger partial charge in [-0.1, -0.05) is 60.7 Å². The van der Waals surface area contributed by atoms with Crippen LogP contribution >= 0.6 is 11.3 Å². The lowest BCUT2D eigenvalue weighted by Gasteiger charge is -2.24. The van der Waals surface area contributed by atoms with Crippen LogP contribution in [0.1, 0.15) is 23.3 Å². The van der Waals surface area contributed by atoms with Gasteiger partial charge in [0.25, 0.3) is 0 Å². The van der Waals surface area contributed by atoms with Crippen molar-refractivity contribution in [2.75, 3.05) is 17.2 Å². The number of hydrogen-bond donors (Lipinski definition) is 2. The molecule has 3 aromatic carbocycles. The Labute approximate surface area is 217 Å². The highest BCUT2D eigenvalue weighted by Gasteiger charge is 2.35. The number of aromatic nitrogens is 1. The van der Waals surface area contributed by atoms with E-state index < -0.39 is 23.7 Å². The smallest absolute Gasteiger partial charge is 0.312 e. The van der Waals surface area contributed by atoms with Crippen LogP contribution in [-0.4, -0.2) is 34.4 Å². The molecule has 3 amide bonds. The molecule has 1 atom stereocenters. The maximum atomic E-state index is 14.0. The molecule has 0 radical (unpaired) electrons. The van der Waals surface area contributed by atoms with Crippen LogP contribution in [0.15, 0.2) is 78.9 Å². The molecule has 1 aliphatic heterocycles. The Morgan fingerprint density at radius 1 is 0.973 bits per heavy atom. The first-order chi connectivity index (χ1) is 18.0. The summed E-state index contributed by atoms with van der Waals surface area (Å²) >= 11 is 1.40. The van der Waals surface area contributed by atoms with Gasteiger partial charge in [-0.05, 0) is 30.5 Å². The first kappa shape index (κ1) is 24.6. The normalized spacial score (nSPS) is 15.0. The number of carbonyl (C=O) groups is 2. The minimum absolute atomic E-state index is 0.143. The second-order valence-corrected chi connectivity index (χ2v) is 9.80. The van der Waals surface area contributed by atoms with Crippen molar-refractivity contribution in [1.29, 1.82) is 0 Å². The van der Waals surface area contributed by atoms with E-state index in [4.69, 9.17) is 4.98 Å². The summed E-state index contributed by atoms with van der Waals surface area (Å²) in [6, 6.07) is 21.4. The highest BCUT2D eigenvalue weighted by atomic mass is 32.1. The molecule has 2 N–H and O–H groups in total. The maximum absolute atomic E-state index is 14.0. The molecule has 5 rings (SSSR count). The molecule has 4 aromatic rings. The number of thiazole rings is 1. The van der Waals surface area contributed by atoms with Crippen LogP contribution < -0.4 is 10.6 Å². The van der Waals surface area contributed by atoms with Crippen molar-refractivity contribution in [3.8, 4) is 11.3 Å². The van der Waals surface area contributed by atoms with Crippen LogP contribution in [0.2, 0.25) is 0 Å². The SMILES string of the molecule is O=C(Nc1nc(-c2ccccc2)c(Cc2ccccc2)s1)[C@@H]1CCCN1C(=O)Nc1ccc(F)cc1F. The molecule has 188 valence electrons. The summed E-state index contributed by atoms with van der Waals surface area (Å²) in [7, 11) is 0. The lowest BCUT2D eigenvalue weighted by molar-refractivity contribution is -0.119. The fourth-order valence-corrected chi connectivity index (χ4v) is 5.40. The third-order valence-corrected chi connectivity index (χ3v) is 7.14. The van der Waals surface area contributed by atoms with Crippen molar-refractivity contribution >= 4 is 34.1 Å². The third kappa shape index (κ3) is 5.67. The number of anilines is 2. The zero-order chi connectivity index (χ0) is 25.8. The number of hydrogen-bond acceptors (Lipinski definition) is 4. The van der Waals surface area contributed by atoms with E-state index in [0.717, 1.165) is 33.8 Å². The van der Waals surface area contributed by atoms with E-state index >= 15 is 0 Å². The lowest BCUT2D eigenvalue weighted by Crippen LogP contribution is -2.45. The van der Waals surface area contributed by atoms with Crippen molar-refractivity contribution in [3.05, 3.63) is 101 Å². The predicted octanol–water partition coefficient (Wildman–Crippen LogP) is 6.31. The number of benzene rings is 3. The quantitative estimate of drug-likeness (QED) is 0.314. The predicted molar refractivity (Wildman–Crippen MR) is 141 cm³/mol. The molecule has 1 saturated heterocycles. The average Bonchev–Trinajstić information content (AvgIpc) is 3.54. The Morgan fingerprint density at radius 2 is 1.70 bits per heavy atom. The molecule has 1 aliphatic rings. The first-order valence-electron chi connectivity index (χ1n) is 11.9. The van der Waals surface area contributed by atoms with E-state index in [1.54, 1.807) is 0 Å². The molecular formula is C28H24F2N4O2S. The van der Waals surface area contributed by atoms with E-state index in [9.17, 15) is 18.4 Å². The summed E-state index contributed by atoms with van der Waals surface area (Å²) in [5.41, 5.74) is 2.74. The van der Waals surface area contributed by atoms with Gasteiger partial charge in [0.15, 0.2) is 5.13 Å². The molecule has 0 aliphatic carbocycles. The van der Waals surface area contributed by atoms with E-state index in [1.165, 1.54) is 16.2 Å². The van der Waals surface area contributed by atoms with Crippen LogP contribution in [0.25, 0.3) is 11.3 Å². The zero-order valence-corrected chi connectivity index (χ0v) is 20.6. The van der Waals surface area contributed by atoms with Gasteiger partial charge in [-0.2, -0.15) is 0 Å². The summed E-state index contributed by atoms with van der Waals surface area (Å²) in [4.78, 5) is 33.2. The number of nitrogens with one attached hydrogen (secondary N) is 2. The molecule has 1 aromatic heterocycles. The van der Waals surface area contributed by atoms with E-state index in [2.05, 4.69) is 10.6 Å². The molecule has 0 spiro atoms. The van der Waals surface area contributed by atoms with E-state index in [-0.39, 0.29) is 11.6 Å². The summed E-state index contributed by atoms with van der Waals surface area (Å²) < 4.78 is 27.2. The van der Waals surface area contributed by atoms with Gasteiger partial charge in [-0.15, -0.1) is 11.3 Å². The largest absolute Gasteiger partial charge is 0.322 e. The molecular weight excluding hydrogens is 494 g/mol. The van der Waals surface area contributed by atoms with Crippen molar-refractivity contribution in [1.82, 2.24) is 9.88 Å². The number of halogens is 2. The molecule has 0 bridgehead atoms. The van der Waals surface area contributed by atoms with Gasteiger partial charge in [0.05, 0.1) is 11.4 Å². The second kappa shape index (κ2) is 10.9. The van der Waals surface area contributed by atoms with Crippen molar-refractivity contribution in [3.63, 3.8) is 0 Å². The van der Waals surface area contributed by atoms with Crippen LogP contribution in [0.3, 0.4) is 0 Å². The molecule has 6 nitrogen and oxygen atoms in total. The number of urea groups is 1. The van der Waals surface area contributed by atoms with Gasteiger partial charge in [0.1, 0.15) is 17.7 Å². The minimum Gasteiger partial charge on any atom is -0.312 e. The van der Waals surface area contributed by atoms with Crippen LogP contribution in [0.5, 0.6) is 0 Å². The van der Waals surface area contributed by atoms with Gasteiger partial charge in [-0.25, -0.2) is 18.6 Å². The highest BCUT2D eigenvalue weighted by molar-refractivity contribution is 7.16.